The van der Waals surface area contributed by atoms with Gasteiger partial charge in [-0.2, -0.15) is 9.78 Å². The molecule has 1 amide bonds. The van der Waals surface area contributed by atoms with Crippen LogP contribution in [-0.4, -0.2) is 33.9 Å². The minimum Gasteiger partial charge on any atom is -0.494 e. The number of nitrogens with zero attached hydrogens (tertiary/aromatic N) is 3. The molecule has 7 nitrogen and oxygen atoms in total. The van der Waals surface area contributed by atoms with Gasteiger partial charge in [-0.25, -0.2) is 4.98 Å². The topological polar surface area (TPSA) is 78.3 Å². The number of benzene rings is 2. The second-order valence-electron chi connectivity index (χ2n) is 6.97. The number of carbonyl (C=O) groups excluding carboxylic acids is 1. The number of nitrogens with one attached hydrogen (secondary N) is 1. The third-order valence-corrected chi connectivity index (χ3v) is 5.83. The van der Waals surface area contributed by atoms with Crippen LogP contribution in [0.3, 0.4) is 0 Å². The number of hydrogen-bond acceptors (Lipinski definition) is 6. The summed E-state index contributed by atoms with van der Waals surface area (Å²) >= 11 is 13.4. The predicted molar refractivity (Wildman–Crippen MR) is 131 cm³/mol. The Bertz CT molecular complexity index is 1270. The molecule has 0 saturated heterocycles. The zero-order chi connectivity index (χ0) is 23.4. The number of halogens is 2. The van der Waals surface area contributed by atoms with Crippen molar-refractivity contribution in [1.82, 2.24) is 14.8 Å². The maximum Gasteiger partial charge on any atom is 0.263 e. The van der Waals surface area contributed by atoms with Crippen molar-refractivity contribution in [2.45, 2.75) is 13.8 Å². The largest absolute Gasteiger partial charge is 0.494 e. The predicted octanol–water partition coefficient (Wildman–Crippen LogP) is 6.03. The number of amides is 1. The van der Waals surface area contributed by atoms with Crippen LogP contribution in [0.25, 0.3) is 16.4 Å². The van der Waals surface area contributed by atoms with E-state index in [0.717, 1.165) is 22.7 Å². The van der Waals surface area contributed by atoms with E-state index in [1.165, 1.54) is 11.3 Å². The van der Waals surface area contributed by atoms with Gasteiger partial charge in [0.25, 0.3) is 5.91 Å². The zero-order valence-corrected chi connectivity index (χ0v) is 20.2. The molecule has 2 aromatic carbocycles. The van der Waals surface area contributed by atoms with E-state index < -0.39 is 0 Å². The molecule has 2 heterocycles. The van der Waals surface area contributed by atoms with Gasteiger partial charge in [-0.3, -0.25) is 4.79 Å². The molecule has 0 aliphatic carbocycles. The first kappa shape index (κ1) is 23.1. The second kappa shape index (κ2) is 10.2. The average molecular weight is 503 g/mol. The van der Waals surface area contributed by atoms with Crippen molar-refractivity contribution < 1.29 is 14.3 Å². The highest BCUT2D eigenvalue weighted by atomic mass is 35.5. The fraction of sp³-hybridized carbons (Fsp3) is 0.174. The van der Waals surface area contributed by atoms with Crippen molar-refractivity contribution in [2.24, 2.45) is 0 Å². The van der Waals surface area contributed by atoms with Crippen LogP contribution >= 0.6 is 34.5 Å². The molecule has 0 atom stereocenters. The van der Waals surface area contributed by atoms with E-state index in [-0.39, 0.29) is 12.5 Å². The van der Waals surface area contributed by atoms with Gasteiger partial charge in [0.2, 0.25) is 5.13 Å². The number of hydrogen-bond donors (Lipinski definition) is 1. The van der Waals surface area contributed by atoms with Crippen LogP contribution in [0, 0.1) is 6.92 Å². The summed E-state index contributed by atoms with van der Waals surface area (Å²) < 4.78 is 12.6. The molecule has 0 aliphatic rings. The molecule has 0 aliphatic heterocycles. The van der Waals surface area contributed by atoms with Crippen LogP contribution < -0.4 is 14.8 Å². The van der Waals surface area contributed by atoms with Gasteiger partial charge in [0, 0.05) is 22.0 Å². The molecule has 33 heavy (non-hydrogen) atoms. The van der Waals surface area contributed by atoms with Gasteiger partial charge in [-0.05, 0) is 56.3 Å². The standard InChI is InChI=1S/C23H20Cl2N4O3S/c1-3-31-17-7-4-15(5-8-17)19-13-33-23(26-19)29-21(10-14(2)28-29)27-22(30)12-32-20-9-6-16(24)11-18(20)25/h4-11,13H,3,12H2,1-2H3,(H,27,30). The molecule has 0 unspecified atom stereocenters. The Hall–Kier alpha value is -3.07. The fourth-order valence-corrected chi connectivity index (χ4v) is 4.29. The van der Waals surface area contributed by atoms with Crippen LogP contribution in [0.2, 0.25) is 10.0 Å². The maximum absolute atomic E-state index is 12.5. The van der Waals surface area contributed by atoms with Gasteiger partial charge in [0.1, 0.15) is 17.3 Å². The Morgan fingerprint density at radius 2 is 1.91 bits per heavy atom. The summed E-state index contributed by atoms with van der Waals surface area (Å²) in [6.45, 7) is 4.19. The summed E-state index contributed by atoms with van der Waals surface area (Å²) in [5.74, 6) is 1.33. The van der Waals surface area contributed by atoms with Crippen LogP contribution in [0.1, 0.15) is 12.6 Å². The minimum absolute atomic E-state index is 0.221. The van der Waals surface area contributed by atoms with Crippen molar-refractivity contribution in [3.63, 3.8) is 0 Å². The molecular formula is C23H20Cl2N4O3S. The Morgan fingerprint density at radius 3 is 2.64 bits per heavy atom. The minimum atomic E-state index is -0.356. The lowest BCUT2D eigenvalue weighted by molar-refractivity contribution is -0.118. The smallest absolute Gasteiger partial charge is 0.263 e. The van der Waals surface area contributed by atoms with Gasteiger partial charge in [-0.15, -0.1) is 11.3 Å². The Balaban J connectivity index is 1.46. The summed E-state index contributed by atoms with van der Waals surface area (Å²) in [5, 5.41) is 10.7. The van der Waals surface area contributed by atoms with Crippen LogP contribution in [0.4, 0.5) is 5.82 Å². The molecule has 0 radical (unpaired) electrons. The quantitative estimate of drug-likeness (QED) is 0.318. The summed E-state index contributed by atoms with van der Waals surface area (Å²) in [6, 6.07) is 14.3. The van der Waals surface area contributed by atoms with Gasteiger partial charge in [0.15, 0.2) is 6.61 Å². The summed E-state index contributed by atoms with van der Waals surface area (Å²) in [7, 11) is 0. The van der Waals surface area contributed by atoms with Crippen LogP contribution in [-0.2, 0) is 4.79 Å². The molecule has 0 saturated carbocycles. The van der Waals surface area contributed by atoms with Crippen LogP contribution in [0.15, 0.2) is 53.9 Å². The van der Waals surface area contributed by atoms with Gasteiger partial charge < -0.3 is 14.8 Å². The molecule has 170 valence electrons. The molecule has 2 aromatic heterocycles. The highest BCUT2D eigenvalue weighted by Gasteiger charge is 2.15. The number of thiazole rings is 1. The first-order chi connectivity index (χ1) is 15.9. The summed E-state index contributed by atoms with van der Waals surface area (Å²) in [4.78, 5) is 17.2. The maximum atomic E-state index is 12.5. The normalized spacial score (nSPS) is 10.8. The average Bonchev–Trinajstić information content (AvgIpc) is 3.40. The number of rotatable bonds is 8. The SMILES string of the molecule is CCOc1ccc(-c2csc(-n3nc(C)cc3NC(=O)COc3ccc(Cl)cc3Cl)n2)cc1. The van der Waals surface area contributed by atoms with E-state index >= 15 is 0 Å². The number of aromatic nitrogens is 3. The molecule has 0 spiro atoms. The number of anilines is 1. The highest BCUT2D eigenvalue weighted by Crippen LogP contribution is 2.29. The molecule has 0 bridgehead atoms. The third kappa shape index (κ3) is 5.65. The van der Waals surface area contributed by atoms with Gasteiger partial charge in [0.05, 0.1) is 23.0 Å². The van der Waals surface area contributed by atoms with Gasteiger partial charge >= 0.3 is 0 Å². The molecule has 10 heteroatoms. The van der Waals surface area contributed by atoms with Gasteiger partial charge in [-0.1, -0.05) is 23.2 Å². The lowest BCUT2D eigenvalue weighted by Crippen LogP contribution is -2.22. The first-order valence-corrected chi connectivity index (χ1v) is 11.7. The molecule has 4 rings (SSSR count). The highest BCUT2D eigenvalue weighted by molar-refractivity contribution is 7.12. The summed E-state index contributed by atoms with van der Waals surface area (Å²) in [5.41, 5.74) is 2.51. The van der Waals surface area contributed by atoms with Crippen molar-refractivity contribution in [3.05, 3.63) is 69.7 Å². The molecule has 4 aromatic rings. The molecule has 0 fully saturated rings. The van der Waals surface area contributed by atoms with Crippen molar-refractivity contribution >= 4 is 46.3 Å². The third-order valence-electron chi connectivity index (χ3n) is 4.49. The van der Waals surface area contributed by atoms with E-state index in [2.05, 4.69) is 15.4 Å². The summed E-state index contributed by atoms with van der Waals surface area (Å²) in [6.07, 6.45) is 0. The Morgan fingerprint density at radius 1 is 1.12 bits per heavy atom. The molecular weight excluding hydrogens is 483 g/mol. The lowest BCUT2D eigenvalue weighted by atomic mass is 10.2. The van der Waals surface area contributed by atoms with Crippen molar-refractivity contribution in [2.75, 3.05) is 18.5 Å². The van der Waals surface area contributed by atoms with E-state index in [4.69, 9.17) is 32.7 Å². The Labute approximate surface area is 204 Å². The number of carbonyl (C=O) groups is 1. The Kier molecular flexibility index (Phi) is 7.17. The van der Waals surface area contributed by atoms with Crippen LogP contribution in [0.5, 0.6) is 11.5 Å². The molecule has 1 N–H and O–H groups in total. The number of ether oxygens (including phenoxy) is 2. The van der Waals surface area contributed by atoms with Crippen molar-refractivity contribution in [1.29, 1.82) is 0 Å². The number of aryl methyl sites for hydroxylation is 1. The van der Waals surface area contributed by atoms with Crippen molar-refractivity contribution in [3.8, 4) is 27.9 Å². The van der Waals surface area contributed by atoms with E-state index in [1.807, 2.05) is 43.5 Å². The zero-order valence-electron chi connectivity index (χ0n) is 17.8. The van der Waals surface area contributed by atoms with E-state index in [9.17, 15) is 4.79 Å². The fourth-order valence-electron chi connectivity index (χ4n) is 3.03. The first-order valence-electron chi connectivity index (χ1n) is 10.1. The van der Waals surface area contributed by atoms with E-state index in [1.54, 1.807) is 28.9 Å². The van der Waals surface area contributed by atoms with E-state index in [0.29, 0.717) is 33.4 Å². The lowest BCUT2D eigenvalue weighted by Gasteiger charge is -2.09. The monoisotopic (exact) mass is 502 g/mol. The second-order valence-corrected chi connectivity index (χ2v) is 8.65.